The number of oxime groups is 1. The molecule has 0 saturated carbocycles. The van der Waals surface area contributed by atoms with Crippen LogP contribution in [-0.4, -0.2) is 22.6 Å². The Morgan fingerprint density at radius 2 is 2.47 bits per heavy atom. The number of pyridine rings is 1. The van der Waals surface area contributed by atoms with Crippen LogP contribution in [0, 0.1) is 0 Å². The van der Waals surface area contributed by atoms with Crippen molar-refractivity contribution in [3.8, 4) is 5.88 Å². The van der Waals surface area contributed by atoms with Gasteiger partial charge in [0.25, 0.3) is 0 Å². The average molecular weight is 209 g/mol. The Kier molecular flexibility index (Phi) is 4.40. The zero-order valence-electron chi connectivity index (χ0n) is 8.68. The second kappa shape index (κ2) is 5.85. The molecular weight excluding hydrogens is 194 g/mol. The first-order chi connectivity index (χ1) is 7.29. The molecule has 82 valence electrons. The van der Waals surface area contributed by atoms with Crippen LogP contribution >= 0.6 is 0 Å². The molecule has 0 unspecified atom stereocenters. The van der Waals surface area contributed by atoms with Crippen molar-refractivity contribution in [1.82, 2.24) is 4.98 Å². The predicted molar refractivity (Wildman–Crippen MR) is 57.2 cm³/mol. The number of unbranched alkanes of at least 4 members (excludes halogenated alkanes) is 1. The lowest BCUT2D eigenvalue weighted by atomic mass is 10.2. The normalized spacial score (nSPS) is 11.4. The molecule has 0 aliphatic carbocycles. The fraction of sp³-hybridized carbons (Fsp3) is 0.400. The third kappa shape index (κ3) is 3.12. The second-order valence-corrected chi connectivity index (χ2v) is 3.04. The molecule has 0 spiro atoms. The first-order valence-corrected chi connectivity index (χ1v) is 4.85. The van der Waals surface area contributed by atoms with E-state index in [-0.39, 0.29) is 5.84 Å². The molecule has 0 aliphatic heterocycles. The molecule has 5 heteroatoms. The molecule has 0 bridgehead atoms. The summed E-state index contributed by atoms with van der Waals surface area (Å²) in [6.45, 7) is 2.66. The molecule has 3 N–H and O–H groups in total. The van der Waals surface area contributed by atoms with Gasteiger partial charge in [0.05, 0.1) is 12.2 Å². The Balaban J connectivity index is 2.77. The Hall–Kier alpha value is -1.78. The molecule has 1 heterocycles. The molecule has 0 atom stereocenters. The van der Waals surface area contributed by atoms with Crippen LogP contribution in [0.5, 0.6) is 5.88 Å². The molecule has 1 aromatic heterocycles. The van der Waals surface area contributed by atoms with Gasteiger partial charge in [-0.05, 0) is 18.6 Å². The predicted octanol–water partition coefficient (Wildman–Crippen LogP) is 1.35. The first kappa shape index (κ1) is 11.3. The van der Waals surface area contributed by atoms with Crippen LogP contribution in [0.25, 0.3) is 0 Å². The number of nitrogens with two attached hydrogens (primary N) is 1. The van der Waals surface area contributed by atoms with Crippen LogP contribution in [0.3, 0.4) is 0 Å². The zero-order valence-corrected chi connectivity index (χ0v) is 8.68. The summed E-state index contributed by atoms with van der Waals surface area (Å²) in [6.07, 6.45) is 3.60. The average Bonchev–Trinajstić information content (AvgIpc) is 2.29. The number of hydrogen-bond acceptors (Lipinski definition) is 4. The van der Waals surface area contributed by atoms with Gasteiger partial charge < -0.3 is 15.7 Å². The Labute approximate surface area is 88.6 Å². The Morgan fingerprint density at radius 3 is 3.13 bits per heavy atom. The highest BCUT2D eigenvalue weighted by molar-refractivity contribution is 5.98. The number of aromatic nitrogens is 1. The van der Waals surface area contributed by atoms with Gasteiger partial charge in [0.15, 0.2) is 5.84 Å². The van der Waals surface area contributed by atoms with Crippen LogP contribution < -0.4 is 10.5 Å². The monoisotopic (exact) mass is 209 g/mol. The largest absolute Gasteiger partial charge is 0.477 e. The van der Waals surface area contributed by atoms with Crippen molar-refractivity contribution < 1.29 is 9.94 Å². The third-order valence-electron chi connectivity index (χ3n) is 1.89. The standard InChI is InChI=1S/C10H15N3O2/c1-2-3-7-15-10-8(9(11)13-14)5-4-6-12-10/h4-6,14H,2-3,7H2,1H3,(H2,11,13). The van der Waals surface area contributed by atoms with E-state index in [0.717, 1.165) is 12.8 Å². The summed E-state index contributed by atoms with van der Waals surface area (Å²) in [7, 11) is 0. The quantitative estimate of drug-likeness (QED) is 0.252. The second-order valence-electron chi connectivity index (χ2n) is 3.04. The highest BCUT2D eigenvalue weighted by Crippen LogP contribution is 2.14. The van der Waals surface area contributed by atoms with Crippen LogP contribution in [0.1, 0.15) is 25.3 Å². The van der Waals surface area contributed by atoms with E-state index in [9.17, 15) is 0 Å². The van der Waals surface area contributed by atoms with Crippen LogP contribution in [-0.2, 0) is 0 Å². The van der Waals surface area contributed by atoms with Crippen molar-refractivity contribution >= 4 is 5.84 Å². The molecule has 0 aromatic carbocycles. The maximum atomic E-state index is 8.56. The third-order valence-corrected chi connectivity index (χ3v) is 1.89. The van der Waals surface area contributed by atoms with Gasteiger partial charge in [-0.2, -0.15) is 0 Å². The maximum absolute atomic E-state index is 8.56. The van der Waals surface area contributed by atoms with Crippen LogP contribution in [0.15, 0.2) is 23.5 Å². The summed E-state index contributed by atoms with van der Waals surface area (Å²) < 4.78 is 5.42. The van der Waals surface area contributed by atoms with E-state index in [1.807, 2.05) is 0 Å². The highest BCUT2D eigenvalue weighted by Gasteiger charge is 2.08. The lowest BCUT2D eigenvalue weighted by Gasteiger charge is -2.08. The minimum atomic E-state index is 0.00889. The Morgan fingerprint density at radius 1 is 1.67 bits per heavy atom. The van der Waals surface area contributed by atoms with Crippen molar-refractivity contribution in [2.75, 3.05) is 6.61 Å². The summed E-state index contributed by atoms with van der Waals surface area (Å²) >= 11 is 0. The van der Waals surface area contributed by atoms with Crippen molar-refractivity contribution in [2.45, 2.75) is 19.8 Å². The van der Waals surface area contributed by atoms with Gasteiger partial charge in [-0.3, -0.25) is 0 Å². The molecule has 0 aliphatic rings. The lowest BCUT2D eigenvalue weighted by molar-refractivity contribution is 0.295. The smallest absolute Gasteiger partial charge is 0.224 e. The number of rotatable bonds is 5. The molecule has 5 nitrogen and oxygen atoms in total. The van der Waals surface area contributed by atoms with E-state index in [1.54, 1.807) is 18.3 Å². The van der Waals surface area contributed by atoms with Crippen LogP contribution in [0.4, 0.5) is 0 Å². The van der Waals surface area contributed by atoms with Gasteiger partial charge in [0.1, 0.15) is 0 Å². The summed E-state index contributed by atoms with van der Waals surface area (Å²) in [5.41, 5.74) is 5.99. The van der Waals surface area contributed by atoms with E-state index in [0.29, 0.717) is 18.1 Å². The maximum Gasteiger partial charge on any atom is 0.224 e. The Bertz CT molecular complexity index is 339. The van der Waals surface area contributed by atoms with Gasteiger partial charge in [0, 0.05) is 6.20 Å². The number of ether oxygens (including phenoxy) is 1. The fourth-order valence-corrected chi connectivity index (χ4v) is 1.07. The molecule has 1 aromatic rings. The summed E-state index contributed by atoms with van der Waals surface area (Å²) in [4.78, 5) is 4.03. The first-order valence-electron chi connectivity index (χ1n) is 4.85. The summed E-state index contributed by atoms with van der Waals surface area (Å²) in [6, 6.07) is 3.41. The van der Waals surface area contributed by atoms with Gasteiger partial charge in [-0.15, -0.1) is 0 Å². The van der Waals surface area contributed by atoms with E-state index in [1.165, 1.54) is 0 Å². The SMILES string of the molecule is CCCCOc1ncccc1/C(N)=N/O. The van der Waals surface area contributed by atoms with E-state index >= 15 is 0 Å². The van der Waals surface area contributed by atoms with Crippen molar-refractivity contribution in [3.05, 3.63) is 23.9 Å². The number of nitrogens with zero attached hydrogens (tertiary/aromatic N) is 2. The summed E-state index contributed by atoms with van der Waals surface area (Å²) in [5, 5.41) is 11.5. The number of amidine groups is 1. The molecule has 1 rings (SSSR count). The topological polar surface area (TPSA) is 80.7 Å². The van der Waals surface area contributed by atoms with Gasteiger partial charge in [-0.1, -0.05) is 18.5 Å². The highest BCUT2D eigenvalue weighted by atomic mass is 16.5. The molecule has 0 radical (unpaired) electrons. The van der Waals surface area contributed by atoms with Crippen molar-refractivity contribution in [2.24, 2.45) is 10.9 Å². The summed E-state index contributed by atoms with van der Waals surface area (Å²) in [5.74, 6) is 0.413. The minimum absolute atomic E-state index is 0.00889. The van der Waals surface area contributed by atoms with Crippen LogP contribution in [0.2, 0.25) is 0 Å². The van der Waals surface area contributed by atoms with Gasteiger partial charge in [0.2, 0.25) is 5.88 Å². The zero-order chi connectivity index (χ0) is 11.1. The number of hydrogen-bond donors (Lipinski definition) is 2. The molecular formula is C10H15N3O2. The molecule has 15 heavy (non-hydrogen) atoms. The lowest BCUT2D eigenvalue weighted by Crippen LogP contribution is -2.15. The minimum Gasteiger partial charge on any atom is -0.477 e. The molecule has 0 saturated heterocycles. The van der Waals surface area contributed by atoms with E-state index in [4.69, 9.17) is 15.7 Å². The van der Waals surface area contributed by atoms with Gasteiger partial charge in [-0.25, -0.2) is 4.98 Å². The molecule has 0 amide bonds. The fourth-order valence-electron chi connectivity index (χ4n) is 1.07. The van der Waals surface area contributed by atoms with Crippen molar-refractivity contribution in [1.29, 1.82) is 0 Å². The molecule has 0 fully saturated rings. The van der Waals surface area contributed by atoms with Gasteiger partial charge >= 0.3 is 0 Å². The van der Waals surface area contributed by atoms with E-state index < -0.39 is 0 Å². The van der Waals surface area contributed by atoms with Crippen molar-refractivity contribution in [3.63, 3.8) is 0 Å². The van der Waals surface area contributed by atoms with E-state index in [2.05, 4.69) is 17.1 Å².